The van der Waals surface area contributed by atoms with Crippen LogP contribution in [0.25, 0.3) is 17.3 Å². The molecule has 0 saturated carbocycles. The molecule has 3 heterocycles. The largest absolute Gasteiger partial charge is 0.461 e. The Kier molecular flexibility index (Phi) is 5.55. The average molecular weight is 384 g/mol. The van der Waals surface area contributed by atoms with Crippen molar-refractivity contribution in [3.8, 4) is 17.3 Å². The summed E-state index contributed by atoms with van der Waals surface area (Å²) < 4.78 is 12.9. The van der Waals surface area contributed by atoms with Gasteiger partial charge >= 0.3 is 0 Å². The highest BCUT2D eigenvalue weighted by atomic mass is 32.2. The molecule has 0 spiro atoms. The summed E-state index contributed by atoms with van der Waals surface area (Å²) in [7, 11) is 0. The Hall–Kier alpha value is -2.58. The van der Waals surface area contributed by atoms with E-state index in [1.54, 1.807) is 6.26 Å². The Morgan fingerprint density at radius 2 is 2.11 bits per heavy atom. The Morgan fingerprint density at radius 1 is 1.22 bits per heavy atom. The minimum absolute atomic E-state index is 0.0438. The highest BCUT2D eigenvalue weighted by Gasteiger charge is 2.20. The Labute approximate surface area is 161 Å². The van der Waals surface area contributed by atoms with Crippen molar-refractivity contribution in [1.29, 1.82) is 0 Å². The van der Waals surface area contributed by atoms with Crippen LogP contribution in [0.4, 0.5) is 0 Å². The van der Waals surface area contributed by atoms with Gasteiger partial charge in [0.25, 0.3) is 0 Å². The number of thioether (sulfide) groups is 1. The standard InChI is InChI=1S/C19H20N4O3S/c24-17(20-12-15-8-4-10-25-15)13-27-19-22-21-18(16-9-5-11-26-16)23(19)14-6-2-1-3-7-14/h1-3,5-7,9,11,15H,4,8,10,12-13H2,(H,20,24)/t15-/m1/s1. The molecule has 1 amide bonds. The van der Waals surface area contributed by atoms with Crippen molar-refractivity contribution >= 4 is 17.7 Å². The number of ether oxygens (including phenoxy) is 1. The maximum atomic E-state index is 12.2. The van der Waals surface area contributed by atoms with Gasteiger partial charge in [-0.15, -0.1) is 10.2 Å². The number of hydrogen-bond acceptors (Lipinski definition) is 6. The van der Waals surface area contributed by atoms with Gasteiger partial charge in [-0.3, -0.25) is 9.36 Å². The van der Waals surface area contributed by atoms with E-state index in [1.807, 2.05) is 47.0 Å². The number of carbonyl (C=O) groups excluding carboxylic acids is 1. The zero-order valence-corrected chi connectivity index (χ0v) is 15.5. The summed E-state index contributed by atoms with van der Waals surface area (Å²) in [6.45, 7) is 1.34. The van der Waals surface area contributed by atoms with E-state index in [9.17, 15) is 4.79 Å². The van der Waals surface area contributed by atoms with E-state index in [4.69, 9.17) is 9.15 Å². The van der Waals surface area contributed by atoms with Crippen LogP contribution in [-0.4, -0.2) is 45.7 Å². The second kappa shape index (κ2) is 8.41. The first-order valence-electron chi connectivity index (χ1n) is 8.87. The monoisotopic (exact) mass is 384 g/mol. The first-order valence-corrected chi connectivity index (χ1v) is 9.85. The van der Waals surface area contributed by atoms with Crippen LogP contribution in [0.5, 0.6) is 0 Å². The quantitative estimate of drug-likeness (QED) is 0.631. The summed E-state index contributed by atoms with van der Waals surface area (Å²) >= 11 is 1.35. The third-order valence-electron chi connectivity index (χ3n) is 4.27. The lowest BCUT2D eigenvalue weighted by molar-refractivity contribution is -0.119. The molecular weight excluding hydrogens is 364 g/mol. The summed E-state index contributed by atoms with van der Waals surface area (Å²) in [6.07, 6.45) is 3.80. The fraction of sp³-hybridized carbons (Fsp3) is 0.316. The predicted molar refractivity (Wildman–Crippen MR) is 102 cm³/mol. The van der Waals surface area contributed by atoms with Crippen LogP contribution in [0.1, 0.15) is 12.8 Å². The van der Waals surface area contributed by atoms with Crippen LogP contribution in [-0.2, 0) is 9.53 Å². The van der Waals surface area contributed by atoms with Gasteiger partial charge in [-0.1, -0.05) is 30.0 Å². The minimum Gasteiger partial charge on any atom is -0.461 e. The van der Waals surface area contributed by atoms with Gasteiger partial charge in [0, 0.05) is 18.8 Å². The minimum atomic E-state index is -0.0438. The van der Waals surface area contributed by atoms with Crippen LogP contribution in [0.2, 0.25) is 0 Å². The first kappa shape index (κ1) is 17.8. The van der Waals surface area contributed by atoms with Gasteiger partial charge in [0.1, 0.15) is 0 Å². The molecule has 3 aromatic rings. The van der Waals surface area contributed by atoms with E-state index in [-0.39, 0.29) is 17.8 Å². The molecule has 1 aromatic carbocycles. The number of benzene rings is 1. The number of nitrogens with zero attached hydrogens (tertiary/aromatic N) is 3. The molecular formula is C19H20N4O3S. The molecule has 4 rings (SSSR count). The fourth-order valence-corrected chi connectivity index (χ4v) is 3.73. The SMILES string of the molecule is O=C(CSc1nnc(-c2ccco2)n1-c1ccccc1)NC[C@H]1CCCO1. The highest BCUT2D eigenvalue weighted by Crippen LogP contribution is 2.28. The topological polar surface area (TPSA) is 82.2 Å². The predicted octanol–water partition coefficient (Wildman–Crippen LogP) is 2.91. The van der Waals surface area contributed by atoms with Gasteiger partial charge in [0.15, 0.2) is 10.9 Å². The third kappa shape index (κ3) is 4.23. The molecule has 1 aliphatic heterocycles. The van der Waals surface area contributed by atoms with Crippen LogP contribution in [0.15, 0.2) is 58.3 Å². The fourth-order valence-electron chi connectivity index (χ4n) is 2.95. The number of furan rings is 1. The molecule has 27 heavy (non-hydrogen) atoms. The second-order valence-electron chi connectivity index (χ2n) is 6.18. The molecule has 0 bridgehead atoms. The molecule has 1 fully saturated rings. The molecule has 1 aliphatic rings. The van der Waals surface area contributed by atoms with Gasteiger partial charge in [0.2, 0.25) is 11.7 Å². The van der Waals surface area contributed by atoms with Crippen LogP contribution < -0.4 is 5.32 Å². The van der Waals surface area contributed by atoms with Crippen molar-refractivity contribution in [3.05, 3.63) is 48.7 Å². The Morgan fingerprint density at radius 3 is 2.85 bits per heavy atom. The molecule has 1 atom stereocenters. The second-order valence-corrected chi connectivity index (χ2v) is 7.12. The van der Waals surface area contributed by atoms with Gasteiger partial charge < -0.3 is 14.5 Å². The van der Waals surface area contributed by atoms with Crippen LogP contribution >= 0.6 is 11.8 Å². The smallest absolute Gasteiger partial charge is 0.230 e. The van der Waals surface area contributed by atoms with E-state index in [1.165, 1.54) is 11.8 Å². The summed E-state index contributed by atoms with van der Waals surface area (Å²) in [5, 5.41) is 12.1. The van der Waals surface area contributed by atoms with Crippen LogP contribution in [0, 0.1) is 0 Å². The molecule has 2 aromatic heterocycles. The van der Waals surface area contributed by atoms with Gasteiger partial charge in [-0.2, -0.15) is 0 Å². The molecule has 140 valence electrons. The zero-order valence-electron chi connectivity index (χ0n) is 14.7. The summed E-state index contributed by atoms with van der Waals surface area (Å²) in [6, 6.07) is 13.4. The summed E-state index contributed by atoms with van der Waals surface area (Å²) in [4.78, 5) is 12.2. The van der Waals surface area contributed by atoms with Crippen molar-refractivity contribution < 1.29 is 13.9 Å². The molecule has 7 nitrogen and oxygen atoms in total. The maximum absolute atomic E-state index is 12.2. The van der Waals surface area contributed by atoms with Crippen molar-refractivity contribution in [2.45, 2.75) is 24.1 Å². The maximum Gasteiger partial charge on any atom is 0.230 e. The lowest BCUT2D eigenvalue weighted by Crippen LogP contribution is -2.32. The molecule has 1 saturated heterocycles. The van der Waals surface area contributed by atoms with E-state index in [0.717, 1.165) is 25.1 Å². The van der Waals surface area contributed by atoms with Crippen LogP contribution in [0.3, 0.4) is 0 Å². The third-order valence-corrected chi connectivity index (χ3v) is 5.20. The highest BCUT2D eigenvalue weighted by molar-refractivity contribution is 7.99. The number of rotatable bonds is 7. The lowest BCUT2D eigenvalue weighted by Gasteiger charge is -2.11. The number of nitrogens with one attached hydrogen (secondary N) is 1. The summed E-state index contributed by atoms with van der Waals surface area (Å²) in [5.74, 6) is 1.45. The number of aromatic nitrogens is 3. The lowest BCUT2D eigenvalue weighted by atomic mass is 10.2. The number of hydrogen-bond donors (Lipinski definition) is 1. The number of para-hydroxylation sites is 1. The Balaban J connectivity index is 1.48. The molecule has 0 unspecified atom stereocenters. The van der Waals surface area contributed by atoms with Gasteiger partial charge in [-0.05, 0) is 37.1 Å². The normalized spacial score (nSPS) is 16.5. The van der Waals surface area contributed by atoms with E-state index in [2.05, 4.69) is 15.5 Å². The molecule has 1 N–H and O–H groups in total. The van der Waals surface area contributed by atoms with Crippen molar-refractivity contribution in [1.82, 2.24) is 20.1 Å². The molecule has 8 heteroatoms. The zero-order chi connectivity index (χ0) is 18.5. The van der Waals surface area contributed by atoms with Crippen molar-refractivity contribution in [2.75, 3.05) is 18.9 Å². The Bertz CT molecular complexity index is 874. The van der Waals surface area contributed by atoms with Gasteiger partial charge in [0.05, 0.1) is 18.1 Å². The first-order chi connectivity index (χ1) is 13.3. The van der Waals surface area contributed by atoms with Crippen molar-refractivity contribution in [3.63, 3.8) is 0 Å². The number of amides is 1. The number of carbonyl (C=O) groups is 1. The van der Waals surface area contributed by atoms with Crippen molar-refractivity contribution in [2.24, 2.45) is 0 Å². The molecule has 0 radical (unpaired) electrons. The van der Waals surface area contributed by atoms with Gasteiger partial charge in [-0.25, -0.2) is 0 Å². The summed E-state index contributed by atoms with van der Waals surface area (Å²) in [5.41, 5.74) is 0.913. The average Bonchev–Trinajstić information content (AvgIpc) is 3.46. The van der Waals surface area contributed by atoms with E-state index >= 15 is 0 Å². The molecule has 0 aliphatic carbocycles. The van der Waals surface area contributed by atoms with E-state index < -0.39 is 0 Å². The van der Waals surface area contributed by atoms with E-state index in [0.29, 0.717) is 23.3 Å².